The Labute approximate surface area is 132 Å². The number of aromatic nitrogens is 2. The summed E-state index contributed by atoms with van der Waals surface area (Å²) in [6, 6.07) is 4.02. The van der Waals surface area contributed by atoms with E-state index in [1.165, 1.54) is 25.3 Å². The van der Waals surface area contributed by atoms with Gasteiger partial charge in [-0.25, -0.2) is 0 Å². The fourth-order valence-corrected chi connectivity index (χ4v) is 2.00. The van der Waals surface area contributed by atoms with Crippen LogP contribution in [-0.2, 0) is 13.6 Å². The summed E-state index contributed by atoms with van der Waals surface area (Å²) < 4.78 is 35.6. The number of benzene rings is 1. The first-order valence-corrected chi connectivity index (χ1v) is 6.81. The Morgan fingerprint density at radius 2 is 2.13 bits per heavy atom. The first-order chi connectivity index (χ1) is 10.9. The van der Waals surface area contributed by atoms with Crippen LogP contribution in [0.2, 0.25) is 0 Å². The Morgan fingerprint density at radius 1 is 1.39 bits per heavy atom. The monoisotopic (exact) mass is 325 g/mol. The number of hydrogen-bond donors (Lipinski definition) is 1. The molecule has 0 unspecified atom stereocenters. The third-order valence-electron chi connectivity index (χ3n) is 3.42. The molecule has 1 aromatic heterocycles. The molecule has 6 nitrogen and oxygen atoms in total. The van der Waals surface area contributed by atoms with Crippen LogP contribution in [0.15, 0.2) is 24.4 Å². The second-order valence-corrected chi connectivity index (χ2v) is 4.81. The summed E-state index contributed by atoms with van der Waals surface area (Å²) in [6.45, 7) is -0.749. The number of hydrogen-bond acceptors (Lipinski definition) is 4. The van der Waals surface area contributed by atoms with E-state index in [2.05, 4.69) is 15.2 Å². The molecular formula is C15H17F2N3O3. The number of amides is 1. The number of carbonyl (C=O) groups is 1. The molecule has 2 aromatic rings. The van der Waals surface area contributed by atoms with E-state index >= 15 is 0 Å². The first-order valence-electron chi connectivity index (χ1n) is 6.81. The highest BCUT2D eigenvalue weighted by molar-refractivity contribution is 5.94. The van der Waals surface area contributed by atoms with Crippen molar-refractivity contribution in [2.75, 3.05) is 7.11 Å². The minimum Gasteiger partial charge on any atom is -0.493 e. The van der Waals surface area contributed by atoms with E-state index in [9.17, 15) is 13.6 Å². The molecular weight excluding hydrogens is 308 g/mol. The fraction of sp³-hybridized carbons (Fsp3) is 0.333. The van der Waals surface area contributed by atoms with Gasteiger partial charge in [-0.15, -0.1) is 0 Å². The molecule has 0 bridgehead atoms. The van der Waals surface area contributed by atoms with Crippen molar-refractivity contribution in [3.8, 4) is 11.5 Å². The summed E-state index contributed by atoms with van der Waals surface area (Å²) in [5, 5.41) is 6.84. The SMILES string of the molecule is COc1cc(C(=O)NCc2cnn(C)c2C)ccc1OC(F)F. The Balaban J connectivity index is 2.08. The lowest BCUT2D eigenvalue weighted by atomic mass is 10.1. The Hall–Kier alpha value is -2.64. The van der Waals surface area contributed by atoms with E-state index in [0.717, 1.165) is 11.3 Å². The molecule has 2 rings (SSSR count). The van der Waals surface area contributed by atoms with Gasteiger partial charge in [0.15, 0.2) is 11.5 Å². The molecule has 0 saturated heterocycles. The third-order valence-corrected chi connectivity index (χ3v) is 3.42. The van der Waals surface area contributed by atoms with E-state index in [-0.39, 0.29) is 23.0 Å². The lowest BCUT2D eigenvalue weighted by molar-refractivity contribution is -0.0512. The van der Waals surface area contributed by atoms with Crippen molar-refractivity contribution < 1.29 is 23.0 Å². The lowest BCUT2D eigenvalue weighted by Crippen LogP contribution is -2.23. The summed E-state index contributed by atoms with van der Waals surface area (Å²) >= 11 is 0. The van der Waals surface area contributed by atoms with Gasteiger partial charge in [0.2, 0.25) is 0 Å². The van der Waals surface area contributed by atoms with Crippen LogP contribution < -0.4 is 14.8 Å². The number of rotatable bonds is 6. The van der Waals surface area contributed by atoms with Gasteiger partial charge in [0.05, 0.1) is 13.3 Å². The highest BCUT2D eigenvalue weighted by atomic mass is 19.3. The number of aryl methyl sites for hydroxylation is 1. The van der Waals surface area contributed by atoms with Gasteiger partial charge in [-0.3, -0.25) is 9.48 Å². The highest BCUT2D eigenvalue weighted by Crippen LogP contribution is 2.29. The predicted molar refractivity (Wildman–Crippen MR) is 78.7 cm³/mol. The summed E-state index contributed by atoms with van der Waals surface area (Å²) in [5.41, 5.74) is 2.12. The van der Waals surface area contributed by atoms with Crippen molar-refractivity contribution >= 4 is 5.91 Å². The van der Waals surface area contributed by atoms with Gasteiger partial charge in [0.1, 0.15) is 0 Å². The molecule has 0 fully saturated rings. The molecule has 23 heavy (non-hydrogen) atoms. The van der Waals surface area contributed by atoms with Gasteiger partial charge in [-0.1, -0.05) is 0 Å². The lowest BCUT2D eigenvalue weighted by Gasteiger charge is -2.11. The first kappa shape index (κ1) is 16.7. The number of alkyl halides is 2. The zero-order valence-electron chi connectivity index (χ0n) is 13.0. The molecule has 124 valence electrons. The van der Waals surface area contributed by atoms with E-state index in [0.29, 0.717) is 6.54 Å². The highest BCUT2D eigenvalue weighted by Gasteiger charge is 2.14. The van der Waals surface area contributed by atoms with Crippen molar-refractivity contribution in [2.24, 2.45) is 7.05 Å². The van der Waals surface area contributed by atoms with Crippen LogP contribution in [0.25, 0.3) is 0 Å². The summed E-state index contributed by atoms with van der Waals surface area (Å²) in [6.07, 6.45) is 1.68. The molecule has 1 heterocycles. The van der Waals surface area contributed by atoms with Crippen LogP contribution in [0.3, 0.4) is 0 Å². The largest absolute Gasteiger partial charge is 0.493 e. The topological polar surface area (TPSA) is 65.4 Å². The minimum absolute atomic E-state index is 0.0653. The van der Waals surface area contributed by atoms with E-state index in [4.69, 9.17) is 4.74 Å². The average Bonchev–Trinajstić information content (AvgIpc) is 2.84. The molecule has 0 aliphatic rings. The normalized spacial score (nSPS) is 10.7. The number of halogens is 2. The number of ether oxygens (including phenoxy) is 2. The molecule has 8 heteroatoms. The number of methoxy groups -OCH3 is 1. The van der Waals surface area contributed by atoms with Crippen molar-refractivity contribution in [3.63, 3.8) is 0 Å². The van der Waals surface area contributed by atoms with E-state index < -0.39 is 6.61 Å². The second-order valence-electron chi connectivity index (χ2n) is 4.81. The summed E-state index contributed by atoms with van der Waals surface area (Å²) in [5.74, 6) is -0.409. The van der Waals surface area contributed by atoms with Crippen LogP contribution in [0.1, 0.15) is 21.6 Å². The molecule has 0 atom stereocenters. The second kappa shape index (κ2) is 7.08. The maximum atomic E-state index is 12.3. The van der Waals surface area contributed by atoms with Gasteiger partial charge >= 0.3 is 6.61 Å². The van der Waals surface area contributed by atoms with Crippen LogP contribution >= 0.6 is 0 Å². The van der Waals surface area contributed by atoms with Crippen LogP contribution in [0.5, 0.6) is 11.5 Å². The van der Waals surface area contributed by atoms with Gasteiger partial charge in [0.25, 0.3) is 5.91 Å². The predicted octanol–water partition coefficient (Wildman–Crippen LogP) is 2.27. The molecule has 1 N–H and O–H groups in total. The minimum atomic E-state index is -2.96. The van der Waals surface area contributed by atoms with Crippen molar-refractivity contribution in [2.45, 2.75) is 20.1 Å². The summed E-state index contributed by atoms with van der Waals surface area (Å²) in [7, 11) is 3.13. The molecule has 0 saturated carbocycles. The van der Waals surface area contributed by atoms with Crippen molar-refractivity contribution in [3.05, 3.63) is 41.2 Å². The zero-order valence-corrected chi connectivity index (χ0v) is 13.0. The number of nitrogens with zero attached hydrogens (tertiary/aromatic N) is 2. The van der Waals surface area contributed by atoms with Crippen LogP contribution in [-0.4, -0.2) is 29.4 Å². The molecule has 0 aliphatic carbocycles. The average molecular weight is 325 g/mol. The number of nitrogens with one attached hydrogen (secondary N) is 1. The quantitative estimate of drug-likeness (QED) is 0.885. The van der Waals surface area contributed by atoms with Gasteiger partial charge < -0.3 is 14.8 Å². The van der Waals surface area contributed by atoms with Crippen molar-refractivity contribution in [1.29, 1.82) is 0 Å². The van der Waals surface area contributed by atoms with E-state index in [1.807, 2.05) is 14.0 Å². The Kier molecular flexibility index (Phi) is 5.15. The van der Waals surface area contributed by atoms with Gasteiger partial charge in [0, 0.05) is 30.4 Å². The van der Waals surface area contributed by atoms with Crippen LogP contribution in [0, 0.1) is 6.92 Å². The summed E-state index contributed by atoms with van der Waals surface area (Å²) in [4.78, 5) is 12.2. The molecule has 0 spiro atoms. The fourth-order valence-electron chi connectivity index (χ4n) is 2.00. The standard InChI is InChI=1S/C15H17F2N3O3/c1-9-11(8-19-20(9)2)7-18-14(21)10-4-5-12(23-15(16)17)13(6-10)22-3/h4-6,8,15H,7H2,1-3H3,(H,18,21). The molecule has 0 aliphatic heterocycles. The molecule has 0 radical (unpaired) electrons. The zero-order chi connectivity index (χ0) is 17.0. The number of carbonyl (C=O) groups excluding carboxylic acids is 1. The Morgan fingerprint density at radius 3 is 2.70 bits per heavy atom. The molecule has 1 amide bonds. The van der Waals surface area contributed by atoms with Crippen molar-refractivity contribution in [1.82, 2.24) is 15.1 Å². The molecule has 1 aromatic carbocycles. The van der Waals surface area contributed by atoms with E-state index in [1.54, 1.807) is 10.9 Å². The maximum absolute atomic E-state index is 12.3. The third kappa shape index (κ3) is 3.97. The smallest absolute Gasteiger partial charge is 0.387 e. The maximum Gasteiger partial charge on any atom is 0.387 e. The van der Waals surface area contributed by atoms with Gasteiger partial charge in [-0.05, 0) is 25.1 Å². The van der Waals surface area contributed by atoms with Crippen LogP contribution in [0.4, 0.5) is 8.78 Å². The van der Waals surface area contributed by atoms with Gasteiger partial charge in [-0.2, -0.15) is 13.9 Å². The Bertz CT molecular complexity index is 701.